The molecule has 0 aliphatic rings. The fraction of sp³-hybridized carbons (Fsp3) is 0.103. The number of furan rings is 1. The summed E-state index contributed by atoms with van der Waals surface area (Å²) in [5.74, 6) is 0.426. The van der Waals surface area contributed by atoms with Crippen molar-refractivity contribution in [2.75, 3.05) is 12.4 Å². The van der Waals surface area contributed by atoms with Crippen molar-refractivity contribution < 1.29 is 13.9 Å². The van der Waals surface area contributed by atoms with Gasteiger partial charge in [-0.25, -0.2) is 0 Å². The first-order valence-corrected chi connectivity index (χ1v) is 11.0. The van der Waals surface area contributed by atoms with E-state index in [-0.39, 0.29) is 5.91 Å². The minimum atomic E-state index is -0.220. The van der Waals surface area contributed by atoms with Crippen molar-refractivity contribution in [1.29, 1.82) is 0 Å². The Bertz CT molecular complexity index is 1540. The number of nitrogens with one attached hydrogen (secondary N) is 1. The van der Waals surface area contributed by atoms with E-state index in [9.17, 15) is 4.79 Å². The molecule has 0 bridgehead atoms. The minimum Gasteiger partial charge on any atom is -0.496 e. The van der Waals surface area contributed by atoms with Gasteiger partial charge in [-0.3, -0.25) is 9.78 Å². The van der Waals surface area contributed by atoms with Gasteiger partial charge in [-0.1, -0.05) is 35.9 Å². The van der Waals surface area contributed by atoms with Gasteiger partial charge in [0, 0.05) is 40.2 Å². The Balaban J connectivity index is 1.51. The summed E-state index contributed by atoms with van der Waals surface area (Å²) in [5, 5.41) is 4.84. The second-order valence-corrected chi connectivity index (χ2v) is 8.26. The van der Waals surface area contributed by atoms with E-state index in [0.29, 0.717) is 5.75 Å². The molecule has 5 heteroatoms. The van der Waals surface area contributed by atoms with Gasteiger partial charge in [0.1, 0.15) is 11.3 Å². The van der Waals surface area contributed by atoms with Crippen LogP contribution in [0, 0.1) is 6.92 Å². The van der Waals surface area contributed by atoms with Crippen LogP contribution in [-0.4, -0.2) is 18.0 Å². The number of carbonyl (C=O) groups is 1. The molecule has 1 N–H and O–H groups in total. The third kappa shape index (κ3) is 4.04. The lowest BCUT2D eigenvalue weighted by atomic mass is 9.99. The predicted octanol–water partition coefficient (Wildman–Crippen LogP) is 7.01. The summed E-state index contributed by atoms with van der Waals surface area (Å²) < 4.78 is 11.4. The number of allylic oxidation sites excluding steroid dienone is 1. The molecule has 5 nitrogen and oxygen atoms in total. The zero-order valence-corrected chi connectivity index (χ0v) is 19.3. The molecule has 168 valence electrons. The molecular formula is C29H24N2O3. The third-order valence-corrected chi connectivity index (χ3v) is 5.93. The maximum Gasteiger partial charge on any atom is 0.248 e. The second kappa shape index (κ2) is 8.87. The number of anilines is 1. The van der Waals surface area contributed by atoms with Crippen LogP contribution in [0.15, 0.2) is 89.7 Å². The molecule has 0 saturated carbocycles. The van der Waals surface area contributed by atoms with Crippen molar-refractivity contribution >= 4 is 39.0 Å². The van der Waals surface area contributed by atoms with E-state index in [2.05, 4.69) is 41.5 Å². The van der Waals surface area contributed by atoms with Gasteiger partial charge in [0.25, 0.3) is 0 Å². The van der Waals surface area contributed by atoms with Crippen molar-refractivity contribution in [2.24, 2.45) is 0 Å². The highest BCUT2D eigenvalue weighted by atomic mass is 16.5. The Labute approximate surface area is 197 Å². The highest BCUT2D eigenvalue weighted by Gasteiger charge is 2.15. The summed E-state index contributed by atoms with van der Waals surface area (Å²) in [6.45, 7) is 3.97. The second-order valence-electron chi connectivity index (χ2n) is 8.26. The number of pyridine rings is 1. The topological polar surface area (TPSA) is 64.4 Å². The summed E-state index contributed by atoms with van der Waals surface area (Å²) in [6, 6.07) is 21.7. The number of rotatable bonds is 5. The van der Waals surface area contributed by atoms with Crippen LogP contribution in [0.5, 0.6) is 5.75 Å². The molecule has 0 radical (unpaired) electrons. The van der Waals surface area contributed by atoms with Gasteiger partial charge in [0.2, 0.25) is 5.91 Å². The smallest absolute Gasteiger partial charge is 0.248 e. The fourth-order valence-electron chi connectivity index (χ4n) is 4.14. The van der Waals surface area contributed by atoms with Crippen molar-refractivity contribution in [3.8, 4) is 16.9 Å². The van der Waals surface area contributed by atoms with Gasteiger partial charge >= 0.3 is 0 Å². The summed E-state index contributed by atoms with van der Waals surface area (Å²) >= 11 is 0. The van der Waals surface area contributed by atoms with Crippen molar-refractivity contribution in [1.82, 2.24) is 4.98 Å². The molecule has 5 aromatic rings. The number of aryl methyl sites for hydroxylation is 1. The van der Waals surface area contributed by atoms with Crippen LogP contribution in [0.3, 0.4) is 0 Å². The minimum absolute atomic E-state index is 0.220. The van der Waals surface area contributed by atoms with E-state index >= 15 is 0 Å². The van der Waals surface area contributed by atoms with E-state index in [0.717, 1.165) is 49.8 Å². The van der Waals surface area contributed by atoms with Gasteiger partial charge in [-0.2, -0.15) is 0 Å². The number of benzene rings is 3. The monoisotopic (exact) mass is 448 g/mol. The molecule has 0 saturated heterocycles. The van der Waals surface area contributed by atoms with E-state index in [1.807, 2.05) is 49.4 Å². The maximum atomic E-state index is 12.9. The molecule has 1 amide bonds. The van der Waals surface area contributed by atoms with Crippen LogP contribution in [0.4, 0.5) is 5.69 Å². The zero-order chi connectivity index (χ0) is 23.7. The lowest BCUT2D eigenvalue weighted by molar-refractivity contribution is -0.111. The third-order valence-electron chi connectivity index (χ3n) is 5.93. The number of hydrogen-bond donors (Lipinski definition) is 1. The van der Waals surface area contributed by atoms with Crippen LogP contribution in [0.25, 0.3) is 38.6 Å². The number of aromatic nitrogens is 1. The zero-order valence-electron chi connectivity index (χ0n) is 19.3. The molecule has 0 fully saturated rings. The van der Waals surface area contributed by atoms with E-state index in [4.69, 9.17) is 9.15 Å². The van der Waals surface area contributed by atoms with Gasteiger partial charge < -0.3 is 14.5 Å². The summed E-state index contributed by atoms with van der Waals surface area (Å²) in [5.41, 5.74) is 7.17. The Morgan fingerprint density at radius 2 is 1.85 bits per heavy atom. The fourth-order valence-corrected chi connectivity index (χ4v) is 4.14. The van der Waals surface area contributed by atoms with Crippen molar-refractivity contribution in [2.45, 2.75) is 13.8 Å². The summed E-state index contributed by atoms with van der Waals surface area (Å²) in [7, 11) is 1.62. The van der Waals surface area contributed by atoms with Crippen molar-refractivity contribution in [3.63, 3.8) is 0 Å². The molecule has 0 atom stereocenters. The van der Waals surface area contributed by atoms with Crippen LogP contribution in [0.2, 0.25) is 0 Å². The normalized spacial score (nSPS) is 11.7. The van der Waals surface area contributed by atoms with E-state index in [1.54, 1.807) is 25.6 Å². The number of carbonyl (C=O) groups excluding carboxylic acids is 1. The average molecular weight is 449 g/mol. The molecule has 3 aromatic carbocycles. The van der Waals surface area contributed by atoms with Gasteiger partial charge in [0.15, 0.2) is 0 Å². The number of nitrogens with zero attached hydrogens (tertiary/aromatic N) is 1. The molecule has 0 aliphatic carbocycles. The van der Waals surface area contributed by atoms with Gasteiger partial charge in [-0.05, 0) is 55.3 Å². The largest absolute Gasteiger partial charge is 0.496 e. The number of ether oxygens (including phenoxy) is 1. The molecule has 2 aromatic heterocycles. The molecular weight excluding hydrogens is 424 g/mol. The first-order chi connectivity index (χ1) is 16.5. The quantitative estimate of drug-likeness (QED) is 0.294. The Hall–Kier alpha value is -4.38. The highest BCUT2D eigenvalue weighted by Crippen LogP contribution is 2.37. The molecule has 5 rings (SSSR count). The standard InChI is InChI=1S/C29H24N2O3/c1-18-9-11-20(12-10-18)24-17-34-28-16-27(33-3)22(15-23(24)28)19(2)14-29(32)31-26-8-4-7-25-21(26)6-5-13-30-25/h4-17H,1-3H3,(H,31,32)/b19-14+. The molecule has 2 heterocycles. The first kappa shape index (κ1) is 21.5. The number of amides is 1. The average Bonchev–Trinajstić information content (AvgIpc) is 3.26. The van der Waals surface area contributed by atoms with Crippen LogP contribution in [0.1, 0.15) is 18.1 Å². The van der Waals surface area contributed by atoms with Crippen LogP contribution in [-0.2, 0) is 4.79 Å². The predicted molar refractivity (Wildman–Crippen MR) is 137 cm³/mol. The van der Waals surface area contributed by atoms with E-state index < -0.39 is 0 Å². The number of fused-ring (bicyclic) bond motifs is 2. The highest BCUT2D eigenvalue weighted by molar-refractivity contribution is 6.09. The lowest BCUT2D eigenvalue weighted by Gasteiger charge is -2.11. The Kier molecular flexibility index (Phi) is 5.60. The van der Waals surface area contributed by atoms with Crippen LogP contribution < -0.4 is 10.1 Å². The molecule has 34 heavy (non-hydrogen) atoms. The number of hydrogen-bond acceptors (Lipinski definition) is 4. The number of methoxy groups -OCH3 is 1. The van der Waals surface area contributed by atoms with E-state index in [1.165, 1.54) is 5.56 Å². The summed E-state index contributed by atoms with van der Waals surface area (Å²) in [4.78, 5) is 17.3. The summed E-state index contributed by atoms with van der Waals surface area (Å²) in [6.07, 6.45) is 5.09. The van der Waals surface area contributed by atoms with Crippen molar-refractivity contribution in [3.05, 3.63) is 96.4 Å². The van der Waals surface area contributed by atoms with Crippen LogP contribution >= 0.6 is 0 Å². The molecule has 0 unspecified atom stereocenters. The molecule has 0 spiro atoms. The maximum absolute atomic E-state index is 12.9. The van der Waals surface area contributed by atoms with Gasteiger partial charge in [0.05, 0.1) is 24.6 Å². The Morgan fingerprint density at radius 3 is 2.65 bits per heavy atom. The Morgan fingerprint density at radius 1 is 1.03 bits per heavy atom. The lowest BCUT2D eigenvalue weighted by Crippen LogP contribution is -2.09. The molecule has 0 aliphatic heterocycles. The van der Waals surface area contributed by atoms with Gasteiger partial charge in [-0.15, -0.1) is 0 Å². The first-order valence-electron chi connectivity index (χ1n) is 11.0. The SMILES string of the molecule is COc1cc2occ(-c3ccc(C)cc3)c2cc1/C(C)=C/C(=O)Nc1cccc2ncccc12.